The van der Waals surface area contributed by atoms with E-state index in [1.54, 1.807) is 12.1 Å². The van der Waals surface area contributed by atoms with Crippen molar-refractivity contribution < 1.29 is 4.79 Å². The van der Waals surface area contributed by atoms with Crippen LogP contribution in [0.3, 0.4) is 0 Å². The largest absolute Gasteiger partial charge is 0.334 e. The molecule has 0 aromatic heterocycles. The number of nitrogens with zero attached hydrogens (tertiary/aromatic N) is 2. The van der Waals surface area contributed by atoms with Gasteiger partial charge in [0.15, 0.2) is 0 Å². The minimum absolute atomic E-state index is 0.120. The number of hydrogen-bond acceptors (Lipinski definition) is 3. The molecule has 1 saturated heterocycles. The van der Waals surface area contributed by atoms with E-state index in [4.69, 9.17) is 5.26 Å². The summed E-state index contributed by atoms with van der Waals surface area (Å²) in [5.74, 6) is 0. The Kier molecular flexibility index (Phi) is 5.14. The zero-order valence-corrected chi connectivity index (χ0v) is 13.4. The number of carbonyl (C=O) groups is 1. The van der Waals surface area contributed by atoms with Crippen molar-refractivity contribution in [3.63, 3.8) is 0 Å². The van der Waals surface area contributed by atoms with Gasteiger partial charge in [0.2, 0.25) is 0 Å². The van der Waals surface area contributed by atoms with Gasteiger partial charge in [0.05, 0.1) is 11.6 Å². The highest BCUT2D eigenvalue weighted by atomic mass is 16.2. The summed E-state index contributed by atoms with van der Waals surface area (Å²) in [4.78, 5) is 14.6. The van der Waals surface area contributed by atoms with E-state index in [0.29, 0.717) is 12.1 Å². The number of carbonyl (C=O) groups excluding carboxylic acids is 1. The highest BCUT2D eigenvalue weighted by molar-refractivity contribution is 5.74. The molecule has 1 aromatic carbocycles. The minimum Gasteiger partial charge on any atom is -0.334 e. The molecule has 0 spiro atoms. The van der Waals surface area contributed by atoms with Crippen LogP contribution in [0.25, 0.3) is 0 Å². The standard InChI is InChI=1S/C18H24N4O/c19-11-14-4-3-5-15(10-14)12-20-18(23)21-16-8-9-22(13-16)17-6-1-2-7-17/h3-5,10,16-17H,1-2,6-9,12-13H2,(H2,20,21,23)/t16-/m0/s1. The Labute approximate surface area is 137 Å². The molecule has 1 heterocycles. The maximum absolute atomic E-state index is 12.0. The van der Waals surface area contributed by atoms with Gasteiger partial charge in [-0.05, 0) is 37.0 Å². The van der Waals surface area contributed by atoms with Crippen molar-refractivity contribution in [2.45, 2.75) is 50.7 Å². The zero-order valence-electron chi connectivity index (χ0n) is 13.4. The lowest BCUT2D eigenvalue weighted by molar-refractivity contribution is 0.227. The fourth-order valence-electron chi connectivity index (χ4n) is 3.68. The van der Waals surface area contributed by atoms with Crippen LogP contribution in [0.15, 0.2) is 24.3 Å². The van der Waals surface area contributed by atoms with Crippen LogP contribution in [0.5, 0.6) is 0 Å². The van der Waals surface area contributed by atoms with E-state index in [2.05, 4.69) is 21.6 Å². The van der Waals surface area contributed by atoms with E-state index in [1.807, 2.05) is 12.1 Å². The molecule has 23 heavy (non-hydrogen) atoms. The monoisotopic (exact) mass is 312 g/mol. The number of urea groups is 1. The second kappa shape index (κ2) is 7.47. The Morgan fingerprint density at radius 3 is 2.91 bits per heavy atom. The van der Waals surface area contributed by atoms with E-state index in [9.17, 15) is 4.79 Å². The van der Waals surface area contributed by atoms with Gasteiger partial charge in [-0.25, -0.2) is 4.79 Å². The smallest absolute Gasteiger partial charge is 0.315 e. The lowest BCUT2D eigenvalue weighted by atomic mass is 10.1. The average molecular weight is 312 g/mol. The van der Waals surface area contributed by atoms with Gasteiger partial charge in [0.1, 0.15) is 0 Å². The van der Waals surface area contributed by atoms with E-state index in [1.165, 1.54) is 25.7 Å². The molecule has 0 unspecified atom stereocenters. The molecule has 0 radical (unpaired) electrons. The molecule has 3 rings (SSSR count). The number of amides is 2. The Bertz CT molecular complexity index is 589. The van der Waals surface area contributed by atoms with Crippen molar-refractivity contribution in [3.05, 3.63) is 35.4 Å². The third-order valence-electron chi connectivity index (χ3n) is 4.91. The molecule has 122 valence electrons. The maximum Gasteiger partial charge on any atom is 0.315 e. The molecular weight excluding hydrogens is 288 g/mol. The number of likely N-dealkylation sites (tertiary alicyclic amines) is 1. The molecule has 1 saturated carbocycles. The molecule has 1 atom stereocenters. The van der Waals surface area contributed by atoms with E-state index < -0.39 is 0 Å². The van der Waals surface area contributed by atoms with Gasteiger partial charge in [0, 0.05) is 31.7 Å². The van der Waals surface area contributed by atoms with Crippen LogP contribution < -0.4 is 10.6 Å². The summed E-state index contributed by atoms with van der Waals surface area (Å²) < 4.78 is 0. The molecule has 5 heteroatoms. The van der Waals surface area contributed by atoms with E-state index in [-0.39, 0.29) is 12.1 Å². The fourth-order valence-corrected chi connectivity index (χ4v) is 3.68. The van der Waals surface area contributed by atoms with Crippen molar-refractivity contribution in [3.8, 4) is 6.07 Å². The number of benzene rings is 1. The molecule has 2 aliphatic rings. The third kappa shape index (κ3) is 4.23. The van der Waals surface area contributed by atoms with Crippen LogP contribution in [-0.2, 0) is 6.54 Å². The van der Waals surface area contributed by atoms with Gasteiger partial charge in [-0.3, -0.25) is 4.90 Å². The van der Waals surface area contributed by atoms with Gasteiger partial charge in [-0.15, -0.1) is 0 Å². The summed E-state index contributed by atoms with van der Waals surface area (Å²) in [6.07, 6.45) is 6.36. The van der Waals surface area contributed by atoms with Crippen LogP contribution in [0.1, 0.15) is 43.2 Å². The summed E-state index contributed by atoms with van der Waals surface area (Å²) in [5, 5.41) is 14.8. The minimum atomic E-state index is -0.120. The Balaban J connectivity index is 1.42. The first-order valence-corrected chi connectivity index (χ1v) is 8.52. The van der Waals surface area contributed by atoms with Crippen molar-refractivity contribution in [2.24, 2.45) is 0 Å². The Hall–Kier alpha value is -2.06. The van der Waals surface area contributed by atoms with E-state index in [0.717, 1.165) is 31.1 Å². The predicted octanol–water partition coefficient (Wildman–Crippen LogP) is 2.37. The van der Waals surface area contributed by atoms with Crippen LogP contribution in [0.2, 0.25) is 0 Å². The van der Waals surface area contributed by atoms with Crippen molar-refractivity contribution in [2.75, 3.05) is 13.1 Å². The van der Waals surface area contributed by atoms with E-state index >= 15 is 0 Å². The molecule has 0 bridgehead atoms. The lowest BCUT2D eigenvalue weighted by Crippen LogP contribution is -2.43. The number of nitrogens with one attached hydrogen (secondary N) is 2. The zero-order chi connectivity index (χ0) is 16.1. The third-order valence-corrected chi connectivity index (χ3v) is 4.91. The molecule has 2 fully saturated rings. The number of nitriles is 1. The summed E-state index contributed by atoms with van der Waals surface area (Å²) in [7, 11) is 0. The molecule has 1 aliphatic heterocycles. The number of hydrogen-bond donors (Lipinski definition) is 2. The Morgan fingerprint density at radius 2 is 2.13 bits per heavy atom. The lowest BCUT2D eigenvalue weighted by Gasteiger charge is -2.23. The predicted molar refractivity (Wildman–Crippen MR) is 88.8 cm³/mol. The summed E-state index contributed by atoms with van der Waals surface area (Å²) >= 11 is 0. The van der Waals surface area contributed by atoms with Crippen LogP contribution in [-0.4, -0.2) is 36.1 Å². The fraction of sp³-hybridized carbons (Fsp3) is 0.556. The summed E-state index contributed by atoms with van der Waals surface area (Å²) in [6, 6.07) is 10.3. The molecule has 1 aliphatic carbocycles. The molecule has 2 amide bonds. The average Bonchev–Trinajstić information content (AvgIpc) is 3.24. The topological polar surface area (TPSA) is 68.2 Å². The van der Waals surface area contributed by atoms with Gasteiger partial charge in [-0.1, -0.05) is 25.0 Å². The van der Waals surface area contributed by atoms with Crippen LogP contribution in [0.4, 0.5) is 4.79 Å². The highest BCUT2D eigenvalue weighted by Gasteiger charge is 2.30. The van der Waals surface area contributed by atoms with Gasteiger partial charge < -0.3 is 10.6 Å². The molecule has 5 nitrogen and oxygen atoms in total. The maximum atomic E-state index is 12.0. The SMILES string of the molecule is N#Cc1cccc(CNC(=O)N[C@H]2CCN(C3CCCC3)C2)c1. The quantitative estimate of drug-likeness (QED) is 0.897. The van der Waals surface area contributed by atoms with Gasteiger partial charge >= 0.3 is 6.03 Å². The first-order valence-electron chi connectivity index (χ1n) is 8.52. The van der Waals surface area contributed by atoms with Crippen molar-refractivity contribution in [1.29, 1.82) is 5.26 Å². The normalized spacial score (nSPS) is 22.0. The number of rotatable bonds is 4. The van der Waals surface area contributed by atoms with Gasteiger partial charge in [0.25, 0.3) is 0 Å². The Morgan fingerprint density at radius 1 is 1.30 bits per heavy atom. The first kappa shape index (κ1) is 15.8. The molecular formula is C18H24N4O. The first-order chi connectivity index (χ1) is 11.2. The van der Waals surface area contributed by atoms with Crippen LogP contribution in [0, 0.1) is 11.3 Å². The van der Waals surface area contributed by atoms with Crippen molar-refractivity contribution in [1.82, 2.24) is 15.5 Å². The van der Waals surface area contributed by atoms with Gasteiger partial charge in [-0.2, -0.15) is 5.26 Å². The summed E-state index contributed by atoms with van der Waals surface area (Å²) in [6.45, 7) is 2.52. The molecule has 1 aromatic rings. The highest BCUT2D eigenvalue weighted by Crippen LogP contribution is 2.26. The molecule has 2 N–H and O–H groups in total. The van der Waals surface area contributed by atoms with Crippen LogP contribution >= 0.6 is 0 Å². The summed E-state index contributed by atoms with van der Waals surface area (Å²) in [5.41, 5.74) is 1.56. The second-order valence-corrected chi connectivity index (χ2v) is 6.56. The van der Waals surface area contributed by atoms with Crippen molar-refractivity contribution >= 4 is 6.03 Å². The second-order valence-electron chi connectivity index (χ2n) is 6.56.